The monoisotopic (exact) mass is 509 g/mol. The summed E-state index contributed by atoms with van der Waals surface area (Å²) in [6.07, 6.45) is 1.53. The summed E-state index contributed by atoms with van der Waals surface area (Å²) in [6, 6.07) is 12.0. The van der Waals surface area contributed by atoms with Crippen LogP contribution in [-0.4, -0.2) is 32.8 Å². The fraction of sp³-hybridized carbons (Fsp3) is 0.222. The number of para-hydroxylation sites is 1. The molecule has 8 nitrogen and oxygen atoms in total. The summed E-state index contributed by atoms with van der Waals surface area (Å²) < 4.78 is 8.81. The summed E-state index contributed by atoms with van der Waals surface area (Å²) in [4.78, 5) is 13.0. The van der Waals surface area contributed by atoms with E-state index in [1.54, 1.807) is 23.1 Å². The second-order valence-electron chi connectivity index (χ2n) is 5.83. The summed E-state index contributed by atoms with van der Waals surface area (Å²) in [5.74, 6) is 3.07. The van der Waals surface area contributed by atoms with Crippen LogP contribution in [0.2, 0.25) is 0 Å². The molecule has 0 aliphatic rings. The Labute approximate surface area is 183 Å². The van der Waals surface area contributed by atoms with Gasteiger partial charge in [-0.1, -0.05) is 12.1 Å². The van der Waals surface area contributed by atoms with Crippen molar-refractivity contribution in [2.45, 2.75) is 13.1 Å². The Balaban J connectivity index is 0.00000225. The Morgan fingerprint density at radius 2 is 2.00 bits per heavy atom. The number of nitrogens with one attached hydrogen (secondary N) is 2. The van der Waals surface area contributed by atoms with E-state index in [9.17, 15) is 0 Å². The zero-order valence-corrected chi connectivity index (χ0v) is 18.6. The van der Waals surface area contributed by atoms with Gasteiger partial charge < -0.3 is 15.1 Å². The molecule has 3 heterocycles. The quantitative estimate of drug-likeness (QED) is 0.244. The van der Waals surface area contributed by atoms with Crippen LogP contribution in [-0.2, 0) is 20.1 Å². The minimum absolute atomic E-state index is 0. The summed E-state index contributed by atoms with van der Waals surface area (Å²) >= 11 is 1.62. The number of guanidine groups is 1. The zero-order chi connectivity index (χ0) is 18.6. The van der Waals surface area contributed by atoms with Crippen molar-refractivity contribution < 1.29 is 4.42 Å². The molecule has 0 spiro atoms. The molecule has 0 amide bonds. The van der Waals surface area contributed by atoms with Gasteiger partial charge >= 0.3 is 0 Å². The number of nitrogens with zero attached hydrogens (tertiary/aromatic N) is 5. The van der Waals surface area contributed by atoms with Crippen LogP contribution >= 0.6 is 35.3 Å². The molecule has 2 N–H and O–H groups in total. The van der Waals surface area contributed by atoms with Gasteiger partial charge in [0.15, 0.2) is 16.7 Å². The lowest BCUT2D eigenvalue weighted by Gasteiger charge is -2.10. The van der Waals surface area contributed by atoms with Crippen molar-refractivity contribution in [1.29, 1.82) is 0 Å². The molecule has 0 aliphatic heterocycles. The van der Waals surface area contributed by atoms with Crippen LogP contribution in [0.5, 0.6) is 0 Å². The summed E-state index contributed by atoms with van der Waals surface area (Å²) in [5.41, 5.74) is 0.988. The van der Waals surface area contributed by atoms with Crippen molar-refractivity contribution >= 4 is 51.5 Å². The molecular formula is C18H20IN7OS. The van der Waals surface area contributed by atoms with Crippen molar-refractivity contribution in [3.05, 3.63) is 54.3 Å². The van der Waals surface area contributed by atoms with E-state index in [0.717, 1.165) is 32.6 Å². The SMILES string of the molecule is CN=C(NCc1ccc(-c2nc3ccccc3s2)o1)NCc1ncnn1C.I. The van der Waals surface area contributed by atoms with Crippen LogP contribution in [0.1, 0.15) is 11.6 Å². The predicted molar refractivity (Wildman–Crippen MR) is 121 cm³/mol. The average Bonchev–Trinajstić information content (AvgIpc) is 3.41. The van der Waals surface area contributed by atoms with E-state index in [4.69, 9.17) is 4.42 Å². The van der Waals surface area contributed by atoms with Crippen LogP contribution in [0.15, 0.2) is 52.1 Å². The first kappa shape index (κ1) is 20.3. The molecular weight excluding hydrogens is 489 g/mol. The van der Waals surface area contributed by atoms with Crippen LogP contribution in [0.3, 0.4) is 0 Å². The number of furan rings is 1. The normalized spacial score (nSPS) is 11.4. The fourth-order valence-electron chi connectivity index (χ4n) is 2.60. The molecule has 146 valence electrons. The number of hydrogen-bond acceptors (Lipinski definition) is 6. The lowest BCUT2D eigenvalue weighted by atomic mass is 10.3. The molecule has 10 heteroatoms. The number of rotatable bonds is 5. The maximum atomic E-state index is 5.94. The molecule has 1 aromatic carbocycles. The number of fused-ring (bicyclic) bond motifs is 1. The predicted octanol–water partition coefficient (Wildman–Crippen LogP) is 3.17. The van der Waals surface area contributed by atoms with Gasteiger partial charge in [-0.05, 0) is 24.3 Å². The minimum Gasteiger partial charge on any atom is -0.457 e. The molecule has 0 fully saturated rings. The molecule has 0 aliphatic carbocycles. The highest BCUT2D eigenvalue weighted by Crippen LogP contribution is 2.31. The molecule has 0 saturated heterocycles. The molecule has 28 heavy (non-hydrogen) atoms. The number of aliphatic imine (C=N–C) groups is 1. The smallest absolute Gasteiger partial charge is 0.191 e. The van der Waals surface area contributed by atoms with Crippen molar-refractivity contribution in [1.82, 2.24) is 30.4 Å². The molecule has 0 bridgehead atoms. The highest BCUT2D eigenvalue weighted by Gasteiger charge is 2.11. The number of benzene rings is 1. The third-order valence-corrected chi connectivity index (χ3v) is 5.09. The Morgan fingerprint density at radius 1 is 1.18 bits per heavy atom. The largest absolute Gasteiger partial charge is 0.457 e. The first-order valence-electron chi connectivity index (χ1n) is 8.45. The van der Waals surface area contributed by atoms with Crippen LogP contribution in [0.4, 0.5) is 0 Å². The van der Waals surface area contributed by atoms with Crippen molar-refractivity contribution in [2.24, 2.45) is 12.0 Å². The van der Waals surface area contributed by atoms with Gasteiger partial charge in [0.05, 0.1) is 23.3 Å². The molecule has 0 atom stereocenters. The van der Waals surface area contributed by atoms with Gasteiger partial charge in [-0.2, -0.15) is 5.10 Å². The average molecular weight is 509 g/mol. The van der Waals surface area contributed by atoms with Crippen LogP contribution in [0, 0.1) is 0 Å². The summed E-state index contributed by atoms with van der Waals surface area (Å²) in [6.45, 7) is 1.05. The Kier molecular flexibility index (Phi) is 6.62. The van der Waals surface area contributed by atoms with E-state index in [0.29, 0.717) is 19.0 Å². The maximum absolute atomic E-state index is 5.94. The first-order valence-corrected chi connectivity index (χ1v) is 9.26. The minimum atomic E-state index is 0. The number of hydrogen-bond donors (Lipinski definition) is 2. The molecule has 0 saturated carbocycles. The number of thiazole rings is 1. The van der Waals surface area contributed by atoms with E-state index in [2.05, 4.69) is 36.8 Å². The Morgan fingerprint density at radius 3 is 2.75 bits per heavy atom. The van der Waals surface area contributed by atoms with Crippen LogP contribution < -0.4 is 10.6 Å². The molecule has 4 aromatic rings. The van der Waals surface area contributed by atoms with Crippen molar-refractivity contribution in [2.75, 3.05) is 7.05 Å². The number of aromatic nitrogens is 4. The van der Waals surface area contributed by atoms with Gasteiger partial charge in [0.2, 0.25) is 0 Å². The second-order valence-corrected chi connectivity index (χ2v) is 6.86. The maximum Gasteiger partial charge on any atom is 0.191 e. The molecule has 0 radical (unpaired) electrons. The van der Waals surface area contributed by atoms with Gasteiger partial charge in [0.25, 0.3) is 0 Å². The highest BCUT2D eigenvalue weighted by molar-refractivity contribution is 14.0. The van der Waals surface area contributed by atoms with E-state index < -0.39 is 0 Å². The zero-order valence-electron chi connectivity index (χ0n) is 15.4. The van der Waals surface area contributed by atoms with E-state index in [-0.39, 0.29) is 24.0 Å². The van der Waals surface area contributed by atoms with E-state index in [1.165, 1.54) is 6.33 Å². The Hall–Kier alpha value is -2.47. The van der Waals surface area contributed by atoms with Gasteiger partial charge in [-0.25, -0.2) is 9.97 Å². The molecule has 3 aromatic heterocycles. The fourth-order valence-corrected chi connectivity index (χ4v) is 3.53. The number of aryl methyl sites for hydroxylation is 1. The lowest BCUT2D eigenvalue weighted by molar-refractivity contribution is 0.513. The first-order chi connectivity index (χ1) is 13.2. The van der Waals surface area contributed by atoms with Gasteiger partial charge in [-0.3, -0.25) is 9.67 Å². The van der Waals surface area contributed by atoms with Crippen molar-refractivity contribution in [3.63, 3.8) is 0 Å². The molecule has 0 unspecified atom stereocenters. The summed E-state index contributed by atoms with van der Waals surface area (Å²) in [7, 11) is 3.58. The standard InChI is InChI=1S/C18H19N7OS.HI/c1-19-18(21-10-16-22-11-23-25(16)2)20-9-12-7-8-14(26-12)17-24-13-5-3-4-6-15(13)27-17;/h3-8,11H,9-10H2,1-2H3,(H2,19,20,21);1H. The Bertz CT molecular complexity index is 1050. The number of halogens is 1. The molecule has 4 rings (SSSR count). The van der Waals surface area contributed by atoms with Crippen molar-refractivity contribution in [3.8, 4) is 10.8 Å². The topological polar surface area (TPSA) is 93.2 Å². The second kappa shape index (κ2) is 9.15. The summed E-state index contributed by atoms with van der Waals surface area (Å²) in [5, 5.41) is 11.4. The third kappa shape index (κ3) is 4.50. The van der Waals surface area contributed by atoms with Gasteiger partial charge in [0, 0.05) is 14.1 Å². The van der Waals surface area contributed by atoms with E-state index in [1.807, 2.05) is 37.4 Å². The van der Waals surface area contributed by atoms with Gasteiger partial charge in [-0.15, -0.1) is 35.3 Å². The highest BCUT2D eigenvalue weighted by atomic mass is 127. The van der Waals surface area contributed by atoms with Gasteiger partial charge in [0.1, 0.15) is 17.9 Å². The van der Waals surface area contributed by atoms with Crippen LogP contribution in [0.25, 0.3) is 21.0 Å². The third-order valence-electron chi connectivity index (χ3n) is 4.04. The lowest BCUT2D eigenvalue weighted by Crippen LogP contribution is -2.36. The van der Waals surface area contributed by atoms with E-state index >= 15 is 0 Å².